The van der Waals surface area contributed by atoms with Crippen LogP contribution in [0.4, 0.5) is 0 Å². The predicted molar refractivity (Wildman–Crippen MR) is 81.9 cm³/mol. The molecule has 1 heterocycles. The molecule has 0 atom stereocenters. The highest BCUT2D eigenvalue weighted by Crippen LogP contribution is 2.28. The van der Waals surface area contributed by atoms with Crippen molar-refractivity contribution in [3.63, 3.8) is 0 Å². The zero-order chi connectivity index (χ0) is 15.5. The number of aliphatic hydroxyl groups excluding tert-OH is 1. The minimum absolute atomic E-state index is 0.0641. The maximum atomic E-state index is 12.7. The molecule has 0 aliphatic heterocycles. The zero-order valence-corrected chi connectivity index (χ0v) is 13.4. The molecule has 0 aliphatic carbocycles. The normalized spacial score (nSPS) is 11.8. The Kier molecular flexibility index (Phi) is 5.00. The van der Waals surface area contributed by atoms with Gasteiger partial charge in [-0.2, -0.15) is 15.6 Å². The summed E-state index contributed by atoms with van der Waals surface area (Å²) in [4.78, 5) is 0.0641. The van der Waals surface area contributed by atoms with Crippen LogP contribution in [-0.4, -0.2) is 32.0 Å². The minimum Gasteiger partial charge on any atom is -0.495 e. The maximum Gasteiger partial charge on any atom is 0.246 e. The second kappa shape index (κ2) is 6.57. The van der Waals surface area contributed by atoms with Gasteiger partial charge in [-0.1, -0.05) is 6.07 Å². The highest BCUT2D eigenvalue weighted by atomic mass is 32.2. The molecule has 1 aromatic carbocycles. The van der Waals surface area contributed by atoms with Crippen molar-refractivity contribution >= 4 is 21.4 Å². The number of ether oxygens (including phenoxy) is 1. The summed E-state index contributed by atoms with van der Waals surface area (Å²) >= 11 is 1.52. The first-order valence-corrected chi connectivity index (χ1v) is 8.62. The van der Waals surface area contributed by atoms with E-state index in [1.54, 1.807) is 12.1 Å². The third-order valence-electron chi connectivity index (χ3n) is 3.08. The smallest absolute Gasteiger partial charge is 0.246 e. The molecular formula is C14H17NO4S2. The topological polar surface area (TPSA) is 66.8 Å². The van der Waals surface area contributed by atoms with E-state index in [1.807, 2.05) is 16.8 Å². The molecule has 2 aromatic rings. The van der Waals surface area contributed by atoms with Crippen molar-refractivity contribution in [1.29, 1.82) is 0 Å². The molecule has 0 aliphatic rings. The summed E-state index contributed by atoms with van der Waals surface area (Å²) in [6.07, 6.45) is 0. The SMILES string of the molecule is COc1ccc(CO)cc1S(=O)(=O)N(C)Cc1ccsc1. The summed E-state index contributed by atoms with van der Waals surface area (Å²) in [5.41, 5.74) is 1.46. The van der Waals surface area contributed by atoms with Gasteiger partial charge in [0.2, 0.25) is 10.0 Å². The molecule has 0 unspecified atom stereocenters. The number of methoxy groups -OCH3 is 1. The van der Waals surface area contributed by atoms with Crippen LogP contribution in [0.25, 0.3) is 0 Å². The Morgan fingerprint density at radius 2 is 2.05 bits per heavy atom. The first kappa shape index (κ1) is 16.0. The van der Waals surface area contributed by atoms with Gasteiger partial charge in [0.15, 0.2) is 0 Å². The van der Waals surface area contributed by atoms with Crippen LogP contribution in [0.15, 0.2) is 39.9 Å². The molecule has 0 bridgehead atoms. The third-order valence-corrected chi connectivity index (χ3v) is 5.64. The average Bonchev–Trinajstić information content (AvgIpc) is 2.99. The van der Waals surface area contributed by atoms with Gasteiger partial charge in [0.25, 0.3) is 0 Å². The van der Waals surface area contributed by atoms with Crippen molar-refractivity contribution in [3.05, 3.63) is 46.2 Å². The van der Waals surface area contributed by atoms with E-state index in [0.717, 1.165) is 5.56 Å². The number of rotatable bonds is 6. The zero-order valence-electron chi connectivity index (χ0n) is 11.8. The third kappa shape index (κ3) is 3.44. The summed E-state index contributed by atoms with van der Waals surface area (Å²) in [7, 11) is -0.740. The standard InChI is InChI=1S/C14H17NO4S2/c1-15(8-12-5-6-20-10-12)21(17,18)14-7-11(9-16)3-4-13(14)19-2/h3-7,10,16H,8-9H2,1-2H3. The minimum atomic E-state index is -3.69. The van der Waals surface area contributed by atoms with Crippen LogP contribution in [0.3, 0.4) is 0 Å². The van der Waals surface area contributed by atoms with Gasteiger partial charge < -0.3 is 9.84 Å². The lowest BCUT2D eigenvalue weighted by Gasteiger charge is -2.19. The summed E-state index contributed by atoms with van der Waals surface area (Å²) in [6.45, 7) is 0.0686. The quantitative estimate of drug-likeness (QED) is 0.882. The molecule has 114 valence electrons. The van der Waals surface area contributed by atoms with E-state index in [9.17, 15) is 13.5 Å². The second-order valence-corrected chi connectivity index (χ2v) is 7.33. The summed E-state index contributed by atoms with van der Waals surface area (Å²) in [5.74, 6) is 0.268. The van der Waals surface area contributed by atoms with Crippen molar-refractivity contribution < 1.29 is 18.3 Å². The fourth-order valence-electron chi connectivity index (χ4n) is 1.91. The van der Waals surface area contributed by atoms with Crippen LogP contribution >= 0.6 is 11.3 Å². The predicted octanol–water partition coefficient (Wildman–Crippen LogP) is 2.07. The van der Waals surface area contributed by atoms with Crippen LogP contribution in [-0.2, 0) is 23.2 Å². The van der Waals surface area contributed by atoms with E-state index in [0.29, 0.717) is 12.1 Å². The van der Waals surface area contributed by atoms with E-state index >= 15 is 0 Å². The second-order valence-electron chi connectivity index (χ2n) is 4.54. The lowest BCUT2D eigenvalue weighted by atomic mass is 10.2. The molecule has 0 spiro atoms. The van der Waals surface area contributed by atoms with Crippen molar-refractivity contribution in [2.75, 3.05) is 14.2 Å². The Labute approximate surface area is 128 Å². The van der Waals surface area contributed by atoms with Crippen molar-refractivity contribution in [2.45, 2.75) is 18.0 Å². The van der Waals surface area contributed by atoms with Crippen molar-refractivity contribution in [3.8, 4) is 5.75 Å². The molecule has 7 heteroatoms. The van der Waals surface area contributed by atoms with E-state index in [4.69, 9.17) is 4.74 Å². The van der Waals surface area contributed by atoms with Gasteiger partial charge in [-0.15, -0.1) is 0 Å². The molecule has 0 fully saturated rings. The number of nitrogens with zero attached hydrogens (tertiary/aromatic N) is 1. The Hall–Kier alpha value is -1.41. The van der Waals surface area contributed by atoms with Gasteiger partial charge in [0.05, 0.1) is 13.7 Å². The summed E-state index contributed by atoms with van der Waals surface area (Å²) in [6, 6.07) is 6.52. The molecular weight excluding hydrogens is 310 g/mol. The molecule has 21 heavy (non-hydrogen) atoms. The molecule has 0 radical (unpaired) electrons. The summed E-state index contributed by atoms with van der Waals surface area (Å²) in [5, 5.41) is 13.0. The van der Waals surface area contributed by atoms with E-state index < -0.39 is 10.0 Å². The molecule has 0 saturated heterocycles. The molecule has 5 nitrogen and oxygen atoms in total. The van der Waals surface area contributed by atoms with Crippen molar-refractivity contribution in [2.24, 2.45) is 0 Å². The van der Waals surface area contributed by atoms with Crippen LogP contribution in [0.2, 0.25) is 0 Å². The monoisotopic (exact) mass is 327 g/mol. The average molecular weight is 327 g/mol. The first-order chi connectivity index (χ1) is 9.98. The van der Waals surface area contributed by atoms with Gasteiger partial charge in [-0.3, -0.25) is 0 Å². The van der Waals surface area contributed by atoms with Gasteiger partial charge in [-0.05, 0) is 40.1 Å². The van der Waals surface area contributed by atoms with Crippen molar-refractivity contribution in [1.82, 2.24) is 4.31 Å². The number of benzene rings is 1. The number of hydrogen-bond acceptors (Lipinski definition) is 5. The van der Waals surface area contributed by atoms with Crippen LogP contribution in [0.1, 0.15) is 11.1 Å². The Balaban J connectivity index is 2.38. The fraction of sp³-hybridized carbons (Fsp3) is 0.286. The molecule has 0 saturated carbocycles. The van der Waals surface area contributed by atoms with E-state index in [-0.39, 0.29) is 17.3 Å². The fourth-order valence-corrected chi connectivity index (χ4v) is 3.93. The highest BCUT2D eigenvalue weighted by molar-refractivity contribution is 7.89. The molecule has 1 aromatic heterocycles. The number of aliphatic hydroxyl groups is 1. The van der Waals surface area contributed by atoms with Gasteiger partial charge in [-0.25, -0.2) is 8.42 Å². The number of thiophene rings is 1. The molecule has 1 N–H and O–H groups in total. The molecule has 2 rings (SSSR count). The lowest BCUT2D eigenvalue weighted by Crippen LogP contribution is -2.26. The van der Waals surface area contributed by atoms with Crippen LogP contribution in [0, 0.1) is 0 Å². The van der Waals surface area contributed by atoms with E-state index in [1.165, 1.54) is 35.9 Å². The van der Waals surface area contributed by atoms with Crippen LogP contribution in [0.5, 0.6) is 5.75 Å². The maximum absolute atomic E-state index is 12.7. The first-order valence-electron chi connectivity index (χ1n) is 6.24. The number of sulfonamides is 1. The summed E-state index contributed by atoms with van der Waals surface area (Å²) < 4.78 is 31.8. The molecule has 0 amide bonds. The number of hydrogen-bond donors (Lipinski definition) is 1. The van der Waals surface area contributed by atoms with Crippen LogP contribution < -0.4 is 4.74 Å². The Morgan fingerprint density at radius 1 is 1.29 bits per heavy atom. The largest absolute Gasteiger partial charge is 0.495 e. The Bertz CT molecular complexity index is 696. The lowest BCUT2D eigenvalue weighted by molar-refractivity contribution is 0.281. The Morgan fingerprint density at radius 3 is 2.62 bits per heavy atom. The van der Waals surface area contributed by atoms with Gasteiger partial charge >= 0.3 is 0 Å². The highest BCUT2D eigenvalue weighted by Gasteiger charge is 2.25. The van der Waals surface area contributed by atoms with Gasteiger partial charge in [0, 0.05) is 13.6 Å². The van der Waals surface area contributed by atoms with E-state index in [2.05, 4.69) is 0 Å². The van der Waals surface area contributed by atoms with Gasteiger partial charge in [0.1, 0.15) is 10.6 Å².